The van der Waals surface area contributed by atoms with Crippen molar-refractivity contribution in [2.45, 2.75) is 38.5 Å². The molecule has 0 aromatic heterocycles. The third kappa shape index (κ3) is 2.83. The fourth-order valence-corrected chi connectivity index (χ4v) is 2.71. The molecule has 4 nitrogen and oxygen atoms in total. The highest BCUT2D eigenvalue weighted by molar-refractivity contribution is 5.69. The van der Waals surface area contributed by atoms with E-state index in [4.69, 9.17) is 9.84 Å². The normalized spacial score (nSPS) is 16.1. The van der Waals surface area contributed by atoms with Crippen LogP contribution in [0.25, 0.3) is 0 Å². The summed E-state index contributed by atoms with van der Waals surface area (Å²) in [6.45, 7) is 2.01. The minimum absolute atomic E-state index is 0.0679. The predicted molar refractivity (Wildman–Crippen MR) is 71.8 cm³/mol. The summed E-state index contributed by atoms with van der Waals surface area (Å²) in [5.74, 6) is -0.0219. The van der Waals surface area contributed by atoms with E-state index in [2.05, 4.69) is 0 Å². The maximum absolute atomic E-state index is 11.1. The molecule has 1 aromatic carbocycles. The summed E-state index contributed by atoms with van der Waals surface area (Å²) < 4.78 is 5.14. The van der Waals surface area contributed by atoms with Gasteiger partial charge in [-0.2, -0.15) is 0 Å². The lowest BCUT2D eigenvalue weighted by atomic mass is 9.86. The van der Waals surface area contributed by atoms with Crippen LogP contribution < -0.4 is 4.74 Å². The fraction of sp³-hybridized carbons (Fsp3) is 0.533. The third-order valence-corrected chi connectivity index (χ3v) is 3.83. The molecule has 2 N–H and O–H groups in total. The van der Waals surface area contributed by atoms with Crippen molar-refractivity contribution < 1.29 is 19.7 Å². The van der Waals surface area contributed by atoms with Gasteiger partial charge in [-0.3, -0.25) is 4.79 Å². The number of aliphatic carboxylic acids is 1. The SMILES string of the molecule is CCc1ccc(OC)c(O)c1C(CC(=O)O)C1CC1. The molecule has 4 heteroatoms. The Kier molecular flexibility index (Phi) is 3.98. The first-order valence-corrected chi connectivity index (χ1v) is 6.69. The first kappa shape index (κ1) is 13.7. The molecule has 104 valence electrons. The number of benzene rings is 1. The van der Waals surface area contributed by atoms with E-state index >= 15 is 0 Å². The molecule has 0 bridgehead atoms. The average Bonchev–Trinajstić information content (AvgIpc) is 3.20. The molecule has 0 aliphatic heterocycles. The number of carboxylic acids is 1. The first-order valence-electron chi connectivity index (χ1n) is 6.69. The second-order valence-electron chi connectivity index (χ2n) is 5.08. The van der Waals surface area contributed by atoms with Gasteiger partial charge in [0.15, 0.2) is 11.5 Å². The molecular formula is C15H20O4. The number of carboxylic acid groups (broad SMARTS) is 1. The highest BCUT2D eigenvalue weighted by atomic mass is 16.5. The Hall–Kier alpha value is -1.71. The Labute approximate surface area is 113 Å². The zero-order chi connectivity index (χ0) is 14.0. The monoisotopic (exact) mass is 264 g/mol. The van der Waals surface area contributed by atoms with Crippen LogP contribution >= 0.6 is 0 Å². The number of hydrogen-bond donors (Lipinski definition) is 2. The van der Waals surface area contributed by atoms with E-state index in [1.165, 1.54) is 7.11 Å². The maximum Gasteiger partial charge on any atom is 0.303 e. The van der Waals surface area contributed by atoms with Gasteiger partial charge in [0, 0.05) is 11.5 Å². The average molecular weight is 264 g/mol. The minimum atomic E-state index is -0.818. The van der Waals surface area contributed by atoms with Crippen LogP contribution in [0.4, 0.5) is 0 Å². The quantitative estimate of drug-likeness (QED) is 0.829. The van der Waals surface area contributed by atoms with Crippen LogP contribution in [0, 0.1) is 5.92 Å². The number of aryl methyl sites for hydroxylation is 1. The van der Waals surface area contributed by atoms with Crippen LogP contribution in [-0.2, 0) is 11.2 Å². The van der Waals surface area contributed by atoms with E-state index in [1.807, 2.05) is 13.0 Å². The van der Waals surface area contributed by atoms with Crippen LogP contribution in [0.15, 0.2) is 12.1 Å². The molecular weight excluding hydrogens is 244 g/mol. The molecule has 1 unspecified atom stereocenters. The van der Waals surface area contributed by atoms with Gasteiger partial charge in [-0.05, 0) is 36.8 Å². The van der Waals surface area contributed by atoms with E-state index in [1.54, 1.807) is 6.07 Å². The van der Waals surface area contributed by atoms with E-state index in [9.17, 15) is 9.90 Å². The maximum atomic E-state index is 11.1. The smallest absolute Gasteiger partial charge is 0.303 e. The van der Waals surface area contributed by atoms with Gasteiger partial charge in [-0.25, -0.2) is 0 Å². The van der Waals surface area contributed by atoms with Gasteiger partial charge in [0.25, 0.3) is 0 Å². The number of ether oxygens (including phenoxy) is 1. The van der Waals surface area contributed by atoms with Crippen LogP contribution in [0.5, 0.6) is 11.5 Å². The minimum Gasteiger partial charge on any atom is -0.504 e. The van der Waals surface area contributed by atoms with Gasteiger partial charge in [-0.1, -0.05) is 13.0 Å². The van der Waals surface area contributed by atoms with Crippen molar-refractivity contribution in [3.8, 4) is 11.5 Å². The Morgan fingerprint density at radius 3 is 2.63 bits per heavy atom. The standard InChI is InChI=1S/C15H20O4/c1-3-9-6-7-12(19-2)15(18)14(9)11(8-13(16)17)10-4-5-10/h6-7,10-11,18H,3-5,8H2,1-2H3,(H,16,17). The van der Waals surface area contributed by atoms with Gasteiger partial charge in [0.1, 0.15) is 0 Å². The molecule has 1 aliphatic rings. The van der Waals surface area contributed by atoms with Crippen molar-refractivity contribution in [3.63, 3.8) is 0 Å². The van der Waals surface area contributed by atoms with Gasteiger partial charge in [0.2, 0.25) is 0 Å². The Morgan fingerprint density at radius 2 is 2.16 bits per heavy atom. The molecule has 1 atom stereocenters. The molecule has 0 saturated heterocycles. The van der Waals surface area contributed by atoms with E-state index in [0.29, 0.717) is 11.7 Å². The number of aromatic hydroxyl groups is 1. The third-order valence-electron chi connectivity index (χ3n) is 3.83. The topological polar surface area (TPSA) is 66.8 Å². The second kappa shape index (κ2) is 5.51. The zero-order valence-electron chi connectivity index (χ0n) is 11.3. The first-order chi connectivity index (χ1) is 9.08. The van der Waals surface area contributed by atoms with E-state index in [0.717, 1.165) is 30.4 Å². The number of phenols is 1. The van der Waals surface area contributed by atoms with Gasteiger partial charge < -0.3 is 14.9 Å². The lowest BCUT2D eigenvalue weighted by molar-refractivity contribution is -0.137. The highest BCUT2D eigenvalue weighted by Gasteiger charge is 2.36. The lowest BCUT2D eigenvalue weighted by Crippen LogP contribution is -2.11. The van der Waals surface area contributed by atoms with Crippen molar-refractivity contribution in [1.82, 2.24) is 0 Å². The predicted octanol–water partition coefficient (Wildman–Crippen LogP) is 2.93. The van der Waals surface area contributed by atoms with Crippen LogP contribution in [0.3, 0.4) is 0 Å². The molecule has 0 spiro atoms. The van der Waals surface area contributed by atoms with Crippen LogP contribution in [0.2, 0.25) is 0 Å². The molecule has 1 aliphatic carbocycles. The van der Waals surface area contributed by atoms with Crippen molar-refractivity contribution in [2.75, 3.05) is 7.11 Å². The highest BCUT2D eigenvalue weighted by Crippen LogP contribution is 2.49. The summed E-state index contributed by atoms with van der Waals surface area (Å²) in [6, 6.07) is 3.66. The van der Waals surface area contributed by atoms with Crippen molar-refractivity contribution >= 4 is 5.97 Å². The Balaban J connectivity index is 2.46. The van der Waals surface area contributed by atoms with Gasteiger partial charge >= 0.3 is 5.97 Å². The molecule has 1 saturated carbocycles. The molecule has 0 radical (unpaired) electrons. The van der Waals surface area contributed by atoms with Gasteiger partial charge in [0.05, 0.1) is 13.5 Å². The number of methoxy groups -OCH3 is 1. The number of hydrogen-bond acceptors (Lipinski definition) is 3. The van der Waals surface area contributed by atoms with E-state index in [-0.39, 0.29) is 18.1 Å². The Morgan fingerprint density at radius 1 is 1.47 bits per heavy atom. The largest absolute Gasteiger partial charge is 0.504 e. The summed E-state index contributed by atoms with van der Waals surface area (Å²) in [6.07, 6.45) is 2.92. The Bertz CT molecular complexity index is 477. The molecule has 0 amide bonds. The fourth-order valence-electron chi connectivity index (χ4n) is 2.71. The molecule has 1 fully saturated rings. The summed E-state index contributed by atoms with van der Waals surface area (Å²) in [5, 5.41) is 19.4. The molecule has 19 heavy (non-hydrogen) atoms. The van der Waals surface area contributed by atoms with Crippen molar-refractivity contribution in [3.05, 3.63) is 23.3 Å². The van der Waals surface area contributed by atoms with E-state index < -0.39 is 5.97 Å². The van der Waals surface area contributed by atoms with Crippen molar-refractivity contribution in [1.29, 1.82) is 0 Å². The van der Waals surface area contributed by atoms with Crippen LogP contribution in [-0.4, -0.2) is 23.3 Å². The second-order valence-corrected chi connectivity index (χ2v) is 5.08. The molecule has 0 heterocycles. The van der Waals surface area contributed by atoms with Gasteiger partial charge in [-0.15, -0.1) is 0 Å². The number of phenolic OH excluding ortho intramolecular Hbond substituents is 1. The van der Waals surface area contributed by atoms with Crippen molar-refractivity contribution in [2.24, 2.45) is 5.92 Å². The lowest BCUT2D eigenvalue weighted by Gasteiger charge is -2.21. The molecule has 2 rings (SSSR count). The number of rotatable bonds is 6. The zero-order valence-corrected chi connectivity index (χ0v) is 11.3. The number of carbonyl (C=O) groups is 1. The summed E-state index contributed by atoms with van der Waals surface area (Å²) in [7, 11) is 1.51. The summed E-state index contributed by atoms with van der Waals surface area (Å²) in [5.41, 5.74) is 1.78. The summed E-state index contributed by atoms with van der Waals surface area (Å²) >= 11 is 0. The summed E-state index contributed by atoms with van der Waals surface area (Å²) in [4.78, 5) is 11.1. The van der Waals surface area contributed by atoms with Crippen LogP contribution in [0.1, 0.15) is 43.2 Å². The molecule has 1 aromatic rings.